The van der Waals surface area contributed by atoms with Gasteiger partial charge in [0.05, 0.1) is 19.8 Å². The summed E-state index contributed by atoms with van der Waals surface area (Å²) in [5.41, 5.74) is 1.45. The molecule has 0 saturated carbocycles. The lowest BCUT2D eigenvalue weighted by molar-refractivity contribution is -0.154. The Morgan fingerprint density at radius 2 is 1.83 bits per heavy atom. The maximum atomic E-state index is 12.7. The van der Waals surface area contributed by atoms with Crippen molar-refractivity contribution < 1.29 is 27.4 Å². The van der Waals surface area contributed by atoms with Crippen LogP contribution in [0.15, 0.2) is 30.3 Å². The number of aromatic nitrogens is 2. The fourth-order valence-corrected chi connectivity index (χ4v) is 3.46. The van der Waals surface area contributed by atoms with Gasteiger partial charge in [-0.05, 0) is 24.9 Å². The summed E-state index contributed by atoms with van der Waals surface area (Å²) in [6.07, 6.45) is -2.61. The first kappa shape index (κ1) is 22.1. The van der Waals surface area contributed by atoms with Crippen LogP contribution < -0.4 is 24.8 Å². The molecule has 3 rings (SSSR count). The molecule has 1 fully saturated rings. The summed E-state index contributed by atoms with van der Waals surface area (Å²) in [7, 11) is 2.70. The largest absolute Gasteiger partial charge is 0.481 e. The first-order chi connectivity index (χ1) is 14.4. The third-order valence-electron chi connectivity index (χ3n) is 4.82. The SMILES string of the molecule is COc1nc(OC)c(CN[C@H]2CCCN[C@H]2c2ccccc2)c(OCC(F)(F)F)n1. The third-order valence-corrected chi connectivity index (χ3v) is 4.82. The van der Waals surface area contributed by atoms with E-state index in [1.807, 2.05) is 30.3 Å². The van der Waals surface area contributed by atoms with E-state index in [1.165, 1.54) is 14.2 Å². The van der Waals surface area contributed by atoms with E-state index in [0.29, 0.717) is 5.56 Å². The highest BCUT2D eigenvalue weighted by atomic mass is 19.4. The fourth-order valence-electron chi connectivity index (χ4n) is 3.46. The summed E-state index contributed by atoms with van der Waals surface area (Å²) in [6, 6.07) is 10.0. The molecule has 2 atom stereocenters. The first-order valence-corrected chi connectivity index (χ1v) is 9.61. The third kappa shape index (κ3) is 5.73. The number of rotatable bonds is 8. The number of nitrogens with zero attached hydrogens (tertiary/aromatic N) is 2. The Bertz CT molecular complexity index is 821. The van der Waals surface area contributed by atoms with Gasteiger partial charge in [0.15, 0.2) is 6.61 Å². The van der Waals surface area contributed by atoms with Crippen LogP contribution in [-0.4, -0.2) is 49.6 Å². The summed E-state index contributed by atoms with van der Waals surface area (Å²) in [4.78, 5) is 8.04. The van der Waals surface area contributed by atoms with Crippen LogP contribution in [0.1, 0.15) is 30.0 Å². The lowest BCUT2D eigenvalue weighted by atomic mass is 9.92. The molecule has 0 aliphatic carbocycles. The number of halogens is 3. The predicted molar refractivity (Wildman–Crippen MR) is 104 cm³/mol. The van der Waals surface area contributed by atoms with Crippen molar-refractivity contribution in [3.8, 4) is 17.8 Å². The van der Waals surface area contributed by atoms with Gasteiger partial charge in [0.1, 0.15) is 0 Å². The monoisotopic (exact) mass is 426 g/mol. The minimum absolute atomic E-state index is 0.0587. The molecule has 0 amide bonds. The maximum Gasteiger partial charge on any atom is 0.422 e. The Labute approximate surface area is 173 Å². The molecule has 164 valence electrons. The van der Waals surface area contributed by atoms with Gasteiger partial charge >= 0.3 is 12.2 Å². The number of nitrogens with one attached hydrogen (secondary N) is 2. The summed E-state index contributed by atoms with van der Waals surface area (Å²) >= 11 is 0. The molecule has 0 unspecified atom stereocenters. The van der Waals surface area contributed by atoms with E-state index in [-0.39, 0.29) is 36.4 Å². The Morgan fingerprint density at radius 3 is 2.50 bits per heavy atom. The zero-order valence-corrected chi connectivity index (χ0v) is 16.8. The van der Waals surface area contributed by atoms with Crippen LogP contribution in [0, 0.1) is 0 Å². The molecule has 0 bridgehead atoms. The summed E-state index contributed by atoms with van der Waals surface area (Å²) < 4.78 is 53.3. The number of benzene rings is 1. The molecule has 30 heavy (non-hydrogen) atoms. The minimum atomic E-state index is -4.50. The molecular weight excluding hydrogens is 401 g/mol. The standard InChI is InChI=1S/C20H25F3N4O3/c1-28-17-14(18(27-19(26-17)29-2)30-12-20(21,22)23)11-25-15-9-6-10-24-16(15)13-7-4-3-5-8-13/h3-5,7-8,15-16,24-25H,6,9-12H2,1-2H3/t15-,16-/m0/s1. The van der Waals surface area contributed by atoms with Crippen molar-refractivity contribution in [2.45, 2.75) is 37.6 Å². The van der Waals surface area contributed by atoms with E-state index in [4.69, 9.17) is 14.2 Å². The van der Waals surface area contributed by atoms with Gasteiger partial charge in [0.2, 0.25) is 11.8 Å². The number of methoxy groups -OCH3 is 2. The van der Waals surface area contributed by atoms with Crippen LogP contribution in [0.4, 0.5) is 13.2 Å². The molecular formula is C20H25F3N4O3. The normalized spacial score (nSPS) is 19.4. The number of hydrogen-bond acceptors (Lipinski definition) is 7. The van der Waals surface area contributed by atoms with Crippen molar-refractivity contribution in [1.29, 1.82) is 0 Å². The molecule has 1 aliphatic heterocycles. The Morgan fingerprint density at radius 1 is 1.10 bits per heavy atom. The number of hydrogen-bond donors (Lipinski definition) is 2. The molecule has 10 heteroatoms. The smallest absolute Gasteiger partial charge is 0.422 e. The average Bonchev–Trinajstić information content (AvgIpc) is 2.76. The van der Waals surface area contributed by atoms with E-state index in [0.717, 1.165) is 24.9 Å². The zero-order chi connectivity index (χ0) is 21.6. The van der Waals surface area contributed by atoms with E-state index >= 15 is 0 Å². The van der Waals surface area contributed by atoms with Crippen molar-refractivity contribution in [2.24, 2.45) is 0 Å². The van der Waals surface area contributed by atoms with Gasteiger partial charge in [-0.3, -0.25) is 0 Å². The molecule has 2 heterocycles. The van der Waals surface area contributed by atoms with E-state index in [9.17, 15) is 13.2 Å². The lowest BCUT2D eigenvalue weighted by Crippen LogP contribution is -2.45. The quantitative estimate of drug-likeness (QED) is 0.672. The molecule has 1 aromatic carbocycles. The van der Waals surface area contributed by atoms with Gasteiger partial charge in [0, 0.05) is 18.6 Å². The van der Waals surface area contributed by atoms with Crippen molar-refractivity contribution in [3.63, 3.8) is 0 Å². The van der Waals surface area contributed by atoms with E-state index in [2.05, 4.69) is 20.6 Å². The molecule has 2 N–H and O–H groups in total. The highest BCUT2D eigenvalue weighted by Crippen LogP contribution is 2.30. The highest BCUT2D eigenvalue weighted by Gasteiger charge is 2.31. The second-order valence-corrected chi connectivity index (χ2v) is 6.88. The Kier molecular flexibility index (Phi) is 7.33. The van der Waals surface area contributed by atoms with E-state index < -0.39 is 12.8 Å². The summed E-state index contributed by atoms with van der Waals surface area (Å²) in [5, 5.41) is 6.91. The Balaban J connectivity index is 1.81. The number of ether oxygens (including phenoxy) is 3. The van der Waals surface area contributed by atoms with Gasteiger partial charge in [-0.2, -0.15) is 23.1 Å². The van der Waals surface area contributed by atoms with Crippen molar-refractivity contribution >= 4 is 0 Å². The van der Waals surface area contributed by atoms with Gasteiger partial charge in [0.25, 0.3) is 0 Å². The van der Waals surface area contributed by atoms with Crippen LogP contribution in [0.2, 0.25) is 0 Å². The minimum Gasteiger partial charge on any atom is -0.481 e. The van der Waals surface area contributed by atoms with Gasteiger partial charge in [-0.25, -0.2) is 0 Å². The van der Waals surface area contributed by atoms with Gasteiger partial charge in [-0.1, -0.05) is 30.3 Å². The second-order valence-electron chi connectivity index (χ2n) is 6.88. The fraction of sp³-hybridized carbons (Fsp3) is 0.500. The average molecular weight is 426 g/mol. The van der Waals surface area contributed by atoms with Crippen LogP contribution in [0.5, 0.6) is 17.8 Å². The van der Waals surface area contributed by atoms with Gasteiger partial charge in [-0.15, -0.1) is 0 Å². The molecule has 1 aliphatic rings. The van der Waals surface area contributed by atoms with Gasteiger partial charge < -0.3 is 24.8 Å². The Hall–Kier alpha value is -2.59. The molecule has 2 aromatic rings. The molecule has 1 saturated heterocycles. The second kappa shape index (κ2) is 9.94. The molecule has 0 radical (unpaired) electrons. The summed E-state index contributed by atoms with van der Waals surface area (Å²) in [6.45, 7) is -0.399. The zero-order valence-electron chi connectivity index (χ0n) is 16.8. The van der Waals surface area contributed by atoms with Crippen LogP contribution in [0.3, 0.4) is 0 Å². The number of alkyl halides is 3. The van der Waals surface area contributed by atoms with Crippen molar-refractivity contribution in [2.75, 3.05) is 27.4 Å². The summed E-state index contributed by atoms with van der Waals surface area (Å²) in [5.74, 6) is -0.116. The molecule has 1 aromatic heterocycles. The first-order valence-electron chi connectivity index (χ1n) is 9.61. The predicted octanol–water partition coefficient (Wildman–Crippen LogP) is 3.02. The highest BCUT2D eigenvalue weighted by molar-refractivity contribution is 5.37. The topological polar surface area (TPSA) is 77.5 Å². The molecule has 0 spiro atoms. The number of piperidine rings is 1. The van der Waals surface area contributed by atoms with Crippen LogP contribution in [0.25, 0.3) is 0 Å². The van der Waals surface area contributed by atoms with Crippen molar-refractivity contribution in [1.82, 2.24) is 20.6 Å². The van der Waals surface area contributed by atoms with Crippen molar-refractivity contribution in [3.05, 3.63) is 41.5 Å². The van der Waals surface area contributed by atoms with Crippen LogP contribution >= 0.6 is 0 Å². The van der Waals surface area contributed by atoms with E-state index in [1.54, 1.807) is 0 Å². The molecule has 7 nitrogen and oxygen atoms in total. The lowest BCUT2D eigenvalue weighted by Gasteiger charge is -2.34. The van der Waals surface area contributed by atoms with Crippen LogP contribution in [-0.2, 0) is 6.54 Å². The maximum absolute atomic E-state index is 12.7.